The minimum atomic E-state index is -0.637. The van der Waals surface area contributed by atoms with E-state index in [0.29, 0.717) is 12.2 Å². The number of aromatic nitrogens is 1. The Bertz CT molecular complexity index is 809. The normalized spacial score (nSPS) is 10.5. The Hall–Kier alpha value is -2.24. The van der Waals surface area contributed by atoms with Gasteiger partial charge in [0.15, 0.2) is 0 Å². The maximum atomic E-state index is 14.1. The summed E-state index contributed by atoms with van der Waals surface area (Å²) in [4.78, 5) is 18.4. The lowest BCUT2D eigenvalue weighted by atomic mass is 10.1. The third kappa shape index (κ3) is 3.57. The summed E-state index contributed by atoms with van der Waals surface area (Å²) in [6.07, 6.45) is 3.21. The molecule has 0 fully saturated rings. The van der Waals surface area contributed by atoms with Crippen LogP contribution < -0.4 is 4.90 Å². The van der Waals surface area contributed by atoms with E-state index in [4.69, 9.17) is 11.6 Å². The molecule has 2 heterocycles. The molecule has 6 heteroatoms. The van der Waals surface area contributed by atoms with Gasteiger partial charge in [0.1, 0.15) is 5.82 Å². The average Bonchev–Trinajstić information content (AvgIpc) is 3.06. The van der Waals surface area contributed by atoms with Crippen molar-refractivity contribution in [2.24, 2.45) is 0 Å². The summed E-state index contributed by atoms with van der Waals surface area (Å²) in [5.41, 5.74) is 1.56. The van der Waals surface area contributed by atoms with Crippen LogP contribution in [0.3, 0.4) is 0 Å². The van der Waals surface area contributed by atoms with Crippen molar-refractivity contribution in [2.45, 2.75) is 6.54 Å². The number of amides is 1. The molecule has 0 bridgehead atoms. The van der Waals surface area contributed by atoms with Crippen molar-refractivity contribution in [2.75, 3.05) is 4.90 Å². The van der Waals surface area contributed by atoms with Gasteiger partial charge in [-0.25, -0.2) is 4.39 Å². The molecular weight excluding hydrogens is 335 g/mol. The highest BCUT2D eigenvalue weighted by Crippen LogP contribution is 2.23. The van der Waals surface area contributed by atoms with Gasteiger partial charge in [0.2, 0.25) is 0 Å². The Morgan fingerprint density at radius 3 is 2.83 bits per heavy atom. The number of anilines is 1. The molecule has 0 N–H and O–H groups in total. The van der Waals surface area contributed by atoms with E-state index in [0.717, 1.165) is 11.6 Å². The molecule has 0 saturated carbocycles. The molecule has 2 aromatic heterocycles. The monoisotopic (exact) mass is 346 g/mol. The molecule has 1 amide bonds. The highest BCUT2D eigenvalue weighted by atomic mass is 35.5. The van der Waals surface area contributed by atoms with E-state index in [9.17, 15) is 9.18 Å². The van der Waals surface area contributed by atoms with Crippen molar-refractivity contribution >= 4 is 34.5 Å². The predicted molar refractivity (Wildman–Crippen MR) is 90.5 cm³/mol. The first kappa shape index (κ1) is 15.6. The van der Waals surface area contributed by atoms with Gasteiger partial charge in [-0.05, 0) is 52.7 Å². The third-order valence-corrected chi connectivity index (χ3v) is 4.25. The Labute approximate surface area is 142 Å². The number of pyridine rings is 1. The van der Waals surface area contributed by atoms with E-state index >= 15 is 0 Å². The smallest absolute Gasteiger partial charge is 0.261 e. The standard InChI is InChI=1S/C17H12ClFN2OS/c18-13-3-4-15(16(19)8-13)17(22)21(10-12-5-7-23-11-12)14-2-1-6-20-9-14/h1-9,11H,10H2. The quantitative estimate of drug-likeness (QED) is 0.681. The summed E-state index contributed by atoms with van der Waals surface area (Å²) in [7, 11) is 0. The molecule has 0 atom stereocenters. The van der Waals surface area contributed by atoms with Gasteiger partial charge >= 0.3 is 0 Å². The Morgan fingerprint density at radius 2 is 2.17 bits per heavy atom. The zero-order chi connectivity index (χ0) is 16.2. The van der Waals surface area contributed by atoms with Crippen LogP contribution in [0, 0.1) is 5.82 Å². The van der Waals surface area contributed by atoms with Gasteiger partial charge < -0.3 is 4.90 Å². The number of nitrogens with zero attached hydrogens (tertiary/aromatic N) is 2. The van der Waals surface area contributed by atoms with Crippen molar-refractivity contribution in [3.63, 3.8) is 0 Å². The fourth-order valence-corrected chi connectivity index (χ4v) is 2.99. The highest BCUT2D eigenvalue weighted by Gasteiger charge is 2.21. The van der Waals surface area contributed by atoms with E-state index < -0.39 is 11.7 Å². The van der Waals surface area contributed by atoms with Crippen LogP contribution in [0.5, 0.6) is 0 Å². The van der Waals surface area contributed by atoms with Gasteiger partial charge in [-0.1, -0.05) is 11.6 Å². The van der Waals surface area contributed by atoms with Crippen LogP contribution in [0.2, 0.25) is 5.02 Å². The topological polar surface area (TPSA) is 33.2 Å². The van der Waals surface area contributed by atoms with Crippen molar-refractivity contribution in [3.8, 4) is 0 Å². The summed E-state index contributed by atoms with van der Waals surface area (Å²) < 4.78 is 14.1. The second-order valence-electron chi connectivity index (χ2n) is 4.86. The molecule has 1 aromatic carbocycles. The molecule has 0 radical (unpaired) electrons. The second-order valence-corrected chi connectivity index (χ2v) is 6.07. The fraction of sp³-hybridized carbons (Fsp3) is 0.0588. The Balaban J connectivity index is 1.98. The largest absolute Gasteiger partial charge is 0.302 e. The molecule has 0 aliphatic heterocycles. The van der Waals surface area contributed by atoms with Gasteiger partial charge in [-0.15, -0.1) is 0 Å². The van der Waals surface area contributed by atoms with Crippen molar-refractivity contribution in [1.29, 1.82) is 0 Å². The number of halogens is 2. The number of thiophene rings is 1. The van der Waals surface area contributed by atoms with E-state index in [-0.39, 0.29) is 10.6 Å². The highest BCUT2D eigenvalue weighted by molar-refractivity contribution is 7.07. The van der Waals surface area contributed by atoms with Crippen molar-refractivity contribution in [1.82, 2.24) is 4.98 Å². The van der Waals surface area contributed by atoms with Crippen LogP contribution in [0.4, 0.5) is 10.1 Å². The van der Waals surface area contributed by atoms with Gasteiger partial charge in [0.05, 0.1) is 24.0 Å². The molecule has 3 rings (SSSR count). The van der Waals surface area contributed by atoms with Crippen LogP contribution in [0.1, 0.15) is 15.9 Å². The molecule has 0 saturated heterocycles. The summed E-state index contributed by atoms with van der Waals surface area (Å²) in [5.74, 6) is -1.07. The minimum absolute atomic E-state index is 0.0199. The fourth-order valence-electron chi connectivity index (χ4n) is 2.17. The number of rotatable bonds is 4. The van der Waals surface area contributed by atoms with E-state index in [1.54, 1.807) is 35.9 Å². The van der Waals surface area contributed by atoms with Crippen LogP contribution in [0.25, 0.3) is 0 Å². The maximum Gasteiger partial charge on any atom is 0.261 e. The molecule has 0 unspecified atom stereocenters. The molecule has 0 aliphatic carbocycles. The summed E-state index contributed by atoms with van der Waals surface area (Å²) >= 11 is 7.30. The zero-order valence-corrected chi connectivity index (χ0v) is 13.5. The molecule has 0 aliphatic rings. The van der Waals surface area contributed by atoms with E-state index in [1.165, 1.54) is 17.0 Å². The number of carbonyl (C=O) groups excluding carboxylic acids is 1. The molecule has 116 valence electrons. The van der Waals surface area contributed by atoms with Gasteiger partial charge in [-0.3, -0.25) is 9.78 Å². The molecule has 3 aromatic rings. The summed E-state index contributed by atoms with van der Waals surface area (Å²) in [6.45, 7) is 0.343. The first-order valence-corrected chi connectivity index (χ1v) is 8.15. The van der Waals surface area contributed by atoms with Crippen molar-refractivity contribution in [3.05, 3.63) is 81.5 Å². The zero-order valence-electron chi connectivity index (χ0n) is 11.9. The predicted octanol–water partition coefficient (Wildman–Crippen LogP) is 4.78. The van der Waals surface area contributed by atoms with Crippen LogP contribution in [-0.2, 0) is 6.54 Å². The number of hydrogen-bond donors (Lipinski definition) is 0. The lowest BCUT2D eigenvalue weighted by Gasteiger charge is -2.22. The first-order valence-electron chi connectivity index (χ1n) is 6.83. The van der Waals surface area contributed by atoms with E-state index in [2.05, 4.69) is 4.98 Å². The lowest BCUT2D eigenvalue weighted by Crippen LogP contribution is -2.31. The summed E-state index contributed by atoms with van der Waals surface area (Å²) in [5, 5.41) is 4.14. The van der Waals surface area contributed by atoms with Crippen molar-refractivity contribution < 1.29 is 9.18 Å². The molecule has 23 heavy (non-hydrogen) atoms. The summed E-state index contributed by atoms with van der Waals surface area (Å²) in [6, 6.07) is 9.48. The third-order valence-electron chi connectivity index (χ3n) is 3.29. The first-order chi connectivity index (χ1) is 11.1. The molecule has 3 nitrogen and oxygen atoms in total. The Morgan fingerprint density at radius 1 is 1.30 bits per heavy atom. The van der Waals surface area contributed by atoms with Gasteiger partial charge in [0, 0.05) is 11.2 Å². The van der Waals surface area contributed by atoms with Crippen LogP contribution in [0.15, 0.2) is 59.6 Å². The van der Waals surface area contributed by atoms with Gasteiger partial charge in [0.25, 0.3) is 5.91 Å². The van der Waals surface area contributed by atoms with Crippen LogP contribution in [-0.4, -0.2) is 10.9 Å². The number of benzene rings is 1. The van der Waals surface area contributed by atoms with E-state index in [1.807, 2.05) is 16.8 Å². The maximum absolute atomic E-state index is 14.1. The molecule has 0 spiro atoms. The lowest BCUT2D eigenvalue weighted by molar-refractivity contribution is 0.0981. The van der Waals surface area contributed by atoms with Crippen LogP contribution >= 0.6 is 22.9 Å². The average molecular weight is 347 g/mol. The number of carbonyl (C=O) groups is 1. The SMILES string of the molecule is O=C(c1ccc(Cl)cc1F)N(Cc1ccsc1)c1cccnc1. The Kier molecular flexibility index (Phi) is 4.69. The second kappa shape index (κ2) is 6.89. The minimum Gasteiger partial charge on any atom is -0.302 e. The number of hydrogen-bond acceptors (Lipinski definition) is 3. The molecular formula is C17H12ClFN2OS. The van der Waals surface area contributed by atoms with Gasteiger partial charge in [-0.2, -0.15) is 11.3 Å².